The number of hydrogen-bond donors (Lipinski definition) is 2. The van der Waals surface area contributed by atoms with Crippen LogP contribution in [0.25, 0.3) is 5.69 Å². The highest BCUT2D eigenvalue weighted by Gasteiger charge is 2.32. The first-order valence-electron chi connectivity index (χ1n) is 8.46. The van der Waals surface area contributed by atoms with Crippen LogP contribution in [-0.2, 0) is 6.54 Å². The van der Waals surface area contributed by atoms with E-state index in [1.54, 1.807) is 35.8 Å². The lowest BCUT2D eigenvalue weighted by atomic mass is 10.2. The maximum atomic E-state index is 12.5. The molecule has 146 valence electrons. The Labute approximate surface area is 153 Å². The normalized spacial score (nSPS) is 16.4. The van der Waals surface area contributed by atoms with Gasteiger partial charge in [-0.3, -0.25) is 19.8 Å². The summed E-state index contributed by atoms with van der Waals surface area (Å²) in [7, 11) is 0. The van der Waals surface area contributed by atoms with E-state index < -0.39 is 18.6 Å². The fourth-order valence-electron chi connectivity index (χ4n) is 3.08. The van der Waals surface area contributed by atoms with Crippen molar-refractivity contribution in [3.05, 3.63) is 47.8 Å². The van der Waals surface area contributed by atoms with Gasteiger partial charge in [-0.2, -0.15) is 18.3 Å². The van der Waals surface area contributed by atoms with Crippen LogP contribution in [-0.4, -0.2) is 69.6 Å². The Balaban J connectivity index is 1.69. The SMILES string of the molecule is O=C(NO)c1cc(CN2CCN(CC(F)(F)F)CC2)nn1-c1ccccc1. The number of carbonyl (C=O) groups excluding carboxylic acids is 1. The van der Waals surface area contributed by atoms with Gasteiger partial charge in [0.2, 0.25) is 0 Å². The third-order valence-corrected chi connectivity index (χ3v) is 4.35. The Bertz CT molecular complexity index is 771. The Kier molecular flexibility index (Phi) is 5.78. The van der Waals surface area contributed by atoms with Crippen molar-refractivity contribution in [2.45, 2.75) is 12.7 Å². The number of hydrogen-bond acceptors (Lipinski definition) is 5. The van der Waals surface area contributed by atoms with Crippen molar-refractivity contribution >= 4 is 5.91 Å². The molecule has 0 spiro atoms. The zero-order valence-electron chi connectivity index (χ0n) is 14.5. The van der Waals surface area contributed by atoms with E-state index in [0.29, 0.717) is 44.1 Å². The number of nitrogens with zero attached hydrogens (tertiary/aromatic N) is 4. The van der Waals surface area contributed by atoms with Gasteiger partial charge in [-0.15, -0.1) is 0 Å². The lowest BCUT2D eigenvalue weighted by Crippen LogP contribution is -2.48. The van der Waals surface area contributed by atoms with Crippen LogP contribution in [0.3, 0.4) is 0 Å². The number of aromatic nitrogens is 2. The van der Waals surface area contributed by atoms with Gasteiger partial charge in [0.15, 0.2) is 0 Å². The van der Waals surface area contributed by atoms with Crippen molar-refractivity contribution < 1.29 is 23.2 Å². The zero-order valence-corrected chi connectivity index (χ0v) is 14.5. The van der Waals surface area contributed by atoms with Crippen molar-refractivity contribution in [2.75, 3.05) is 32.7 Å². The van der Waals surface area contributed by atoms with Crippen LogP contribution >= 0.6 is 0 Å². The Morgan fingerprint density at radius 1 is 1.11 bits per heavy atom. The van der Waals surface area contributed by atoms with Gasteiger partial charge in [0.05, 0.1) is 17.9 Å². The molecule has 0 radical (unpaired) electrons. The molecular weight excluding hydrogens is 363 g/mol. The lowest BCUT2D eigenvalue weighted by Gasteiger charge is -2.34. The molecule has 7 nitrogen and oxygen atoms in total. The van der Waals surface area contributed by atoms with E-state index in [1.165, 1.54) is 9.58 Å². The van der Waals surface area contributed by atoms with Gasteiger partial charge in [0, 0.05) is 32.7 Å². The third kappa shape index (κ3) is 5.06. The first-order valence-corrected chi connectivity index (χ1v) is 8.46. The molecule has 0 atom stereocenters. The monoisotopic (exact) mass is 383 g/mol. The minimum absolute atomic E-state index is 0.175. The summed E-state index contributed by atoms with van der Waals surface area (Å²) in [6.45, 7) is 1.12. The molecule has 0 aliphatic carbocycles. The smallest absolute Gasteiger partial charge is 0.295 e. The van der Waals surface area contributed by atoms with Gasteiger partial charge in [-0.05, 0) is 18.2 Å². The summed E-state index contributed by atoms with van der Waals surface area (Å²) < 4.78 is 38.9. The topological polar surface area (TPSA) is 73.6 Å². The summed E-state index contributed by atoms with van der Waals surface area (Å²) in [5.74, 6) is -0.687. The van der Waals surface area contributed by atoms with Gasteiger partial charge in [-0.25, -0.2) is 10.2 Å². The second kappa shape index (κ2) is 8.07. The van der Waals surface area contributed by atoms with Gasteiger partial charge in [0.1, 0.15) is 5.69 Å². The summed E-state index contributed by atoms with van der Waals surface area (Å²) in [5, 5.41) is 13.4. The van der Waals surface area contributed by atoms with E-state index in [2.05, 4.69) is 5.10 Å². The number of amides is 1. The fraction of sp³-hybridized carbons (Fsp3) is 0.412. The number of para-hydroxylation sites is 1. The number of alkyl halides is 3. The van der Waals surface area contributed by atoms with Crippen molar-refractivity contribution in [2.24, 2.45) is 0 Å². The van der Waals surface area contributed by atoms with Crippen LogP contribution in [0.4, 0.5) is 13.2 Å². The van der Waals surface area contributed by atoms with Gasteiger partial charge < -0.3 is 0 Å². The summed E-state index contributed by atoms with van der Waals surface area (Å²) in [6, 6.07) is 10.6. The molecule has 10 heteroatoms. The Morgan fingerprint density at radius 3 is 2.33 bits per heavy atom. The van der Waals surface area contributed by atoms with Crippen molar-refractivity contribution in [1.82, 2.24) is 25.1 Å². The van der Waals surface area contributed by atoms with Crippen LogP contribution in [0.2, 0.25) is 0 Å². The molecule has 0 bridgehead atoms. The molecule has 1 aromatic carbocycles. The van der Waals surface area contributed by atoms with Crippen LogP contribution < -0.4 is 5.48 Å². The van der Waals surface area contributed by atoms with Crippen LogP contribution in [0.1, 0.15) is 16.2 Å². The van der Waals surface area contributed by atoms with Gasteiger partial charge in [0.25, 0.3) is 5.91 Å². The van der Waals surface area contributed by atoms with Gasteiger partial charge >= 0.3 is 6.18 Å². The average Bonchev–Trinajstić information content (AvgIpc) is 3.06. The van der Waals surface area contributed by atoms with Crippen molar-refractivity contribution in [3.63, 3.8) is 0 Å². The molecule has 1 saturated heterocycles. The molecule has 27 heavy (non-hydrogen) atoms. The largest absolute Gasteiger partial charge is 0.401 e. The summed E-state index contributed by atoms with van der Waals surface area (Å²) >= 11 is 0. The molecule has 1 aliphatic rings. The lowest BCUT2D eigenvalue weighted by molar-refractivity contribution is -0.149. The fourth-order valence-corrected chi connectivity index (χ4v) is 3.08. The molecular formula is C17H20F3N5O2. The number of rotatable bonds is 5. The quantitative estimate of drug-likeness (QED) is 0.607. The van der Waals surface area contributed by atoms with E-state index in [0.717, 1.165) is 0 Å². The van der Waals surface area contributed by atoms with Crippen LogP contribution in [0, 0.1) is 0 Å². The molecule has 2 N–H and O–H groups in total. The molecule has 1 aliphatic heterocycles. The molecule has 1 fully saturated rings. The maximum absolute atomic E-state index is 12.5. The minimum Gasteiger partial charge on any atom is -0.295 e. The number of hydroxylamine groups is 1. The minimum atomic E-state index is -4.19. The molecule has 1 amide bonds. The van der Waals surface area contributed by atoms with E-state index in [-0.39, 0.29) is 5.69 Å². The first kappa shape index (κ1) is 19.3. The molecule has 3 rings (SSSR count). The molecule has 2 heterocycles. The molecule has 1 aromatic heterocycles. The highest BCUT2D eigenvalue weighted by atomic mass is 19.4. The Morgan fingerprint density at radius 2 is 1.74 bits per heavy atom. The number of piperazine rings is 1. The average molecular weight is 383 g/mol. The Hall–Kier alpha value is -2.43. The third-order valence-electron chi connectivity index (χ3n) is 4.35. The standard InChI is InChI=1S/C17H20F3N5O2/c18-17(19,20)12-24-8-6-23(7-9-24)11-13-10-15(16(26)22-27)25(21-13)14-4-2-1-3-5-14/h1-5,10,27H,6-9,11-12H2,(H,22,26). The summed E-state index contributed by atoms with van der Waals surface area (Å²) in [4.78, 5) is 15.3. The predicted octanol–water partition coefficient (Wildman–Crippen LogP) is 1.67. The van der Waals surface area contributed by atoms with Crippen molar-refractivity contribution in [3.8, 4) is 5.69 Å². The van der Waals surface area contributed by atoms with Crippen LogP contribution in [0.15, 0.2) is 36.4 Å². The number of carbonyl (C=O) groups is 1. The highest BCUT2D eigenvalue weighted by molar-refractivity contribution is 5.92. The predicted molar refractivity (Wildman–Crippen MR) is 90.6 cm³/mol. The summed E-state index contributed by atoms with van der Waals surface area (Å²) in [6.07, 6.45) is -4.19. The first-order chi connectivity index (χ1) is 12.9. The zero-order chi connectivity index (χ0) is 19.4. The van der Waals surface area contributed by atoms with E-state index in [9.17, 15) is 18.0 Å². The second-order valence-corrected chi connectivity index (χ2v) is 6.38. The highest BCUT2D eigenvalue weighted by Crippen LogP contribution is 2.19. The molecule has 0 unspecified atom stereocenters. The molecule has 2 aromatic rings. The van der Waals surface area contributed by atoms with Crippen LogP contribution in [0.5, 0.6) is 0 Å². The van der Waals surface area contributed by atoms with Crippen molar-refractivity contribution in [1.29, 1.82) is 0 Å². The van der Waals surface area contributed by atoms with E-state index in [1.807, 2.05) is 11.0 Å². The van der Waals surface area contributed by atoms with Gasteiger partial charge in [-0.1, -0.05) is 18.2 Å². The van der Waals surface area contributed by atoms with E-state index >= 15 is 0 Å². The maximum Gasteiger partial charge on any atom is 0.401 e. The van der Waals surface area contributed by atoms with E-state index in [4.69, 9.17) is 5.21 Å². The number of halogens is 3. The summed E-state index contributed by atoms with van der Waals surface area (Å²) in [5.41, 5.74) is 3.05. The number of benzene rings is 1. The number of nitrogens with one attached hydrogen (secondary N) is 1. The molecule has 0 saturated carbocycles. The second-order valence-electron chi connectivity index (χ2n) is 6.38.